The van der Waals surface area contributed by atoms with Crippen LogP contribution in [0.25, 0.3) is 0 Å². The van der Waals surface area contributed by atoms with Gasteiger partial charge in [-0.25, -0.2) is 0 Å². The van der Waals surface area contributed by atoms with E-state index in [1.165, 1.54) is 6.26 Å². The second-order valence-corrected chi connectivity index (χ2v) is 3.96. The summed E-state index contributed by atoms with van der Waals surface area (Å²) in [6, 6.07) is 8.82. The minimum atomic E-state index is -0.310. The van der Waals surface area contributed by atoms with E-state index in [9.17, 15) is 0 Å². The van der Waals surface area contributed by atoms with E-state index in [1.54, 1.807) is 12.1 Å². The van der Waals surface area contributed by atoms with Crippen LogP contribution >= 0.6 is 23.2 Å². The van der Waals surface area contributed by atoms with Crippen LogP contribution in [0, 0.1) is 0 Å². The second kappa shape index (κ2) is 4.27. The van der Waals surface area contributed by atoms with Crippen LogP contribution in [0.2, 0.25) is 10.2 Å². The fourth-order valence-electron chi connectivity index (χ4n) is 1.41. The molecule has 15 heavy (non-hydrogen) atoms. The first-order valence-electron chi connectivity index (χ1n) is 4.42. The van der Waals surface area contributed by atoms with Crippen molar-refractivity contribution >= 4 is 23.2 Å². The van der Waals surface area contributed by atoms with Gasteiger partial charge in [-0.05, 0) is 35.4 Å². The molecule has 1 aromatic carbocycles. The van der Waals surface area contributed by atoms with Gasteiger partial charge in [0.2, 0.25) is 0 Å². The molecule has 2 rings (SSSR count). The number of nitrogens with two attached hydrogens (primary N) is 1. The lowest BCUT2D eigenvalue weighted by atomic mass is 10.0. The summed E-state index contributed by atoms with van der Waals surface area (Å²) in [4.78, 5) is 0. The fraction of sp³-hybridized carbons (Fsp3) is 0.0909. The third-order valence-electron chi connectivity index (χ3n) is 2.19. The van der Waals surface area contributed by atoms with Crippen LogP contribution in [0.1, 0.15) is 17.2 Å². The van der Waals surface area contributed by atoms with Gasteiger partial charge in [0.25, 0.3) is 0 Å². The lowest BCUT2D eigenvalue weighted by molar-refractivity contribution is 0.564. The number of benzene rings is 1. The molecule has 0 aliphatic carbocycles. The van der Waals surface area contributed by atoms with E-state index in [-0.39, 0.29) is 6.04 Å². The first-order valence-corrected chi connectivity index (χ1v) is 5.18. The quantitative estimate of drug-likeness (QED) is 0.873. The Bertz CT molecular complexity index is 467. The van der Waals surface area contributed by atoms with Gasteiger partial charge in [-0.3, -0.25) is 0 Å². The van der Waals surface area contributed by atoms with E-state index >= 15 is 0 Å². The summed E-state index contributed by atoms with van der Waals surface area (Å²) in [5, 5.41) is 0.977. The van der Waals surface area contributed by atoms with Crippen molar-refractivity contribution in [1.82, 2.24) is 0 Å². The molecule has 0 bridgehead atoms. The van der Waals surface area contributed by atoms with Crippen LogP contribution in [-0.4, -0.2) is 0 Å². The normalized spacial score (nSPS) is 12.7. The summed E-state index contributed by atoms with van der Waals surface area (Å²) in [5.74, 6) is 0. The highest BCUT2D eigenvalue weighted by atomic mass is 35.5. The Hall–Kier alpha value is -0.960. The van der Waals surface area contributed by atoms with Crippen molar-refractivity contribution in [3.63, 3.8) is 0 Å². The van der Waals surface area contributed by atoms with Crippen LogP contribution in [-0.2, 0) is 0 Å². The SMILES string of the molecule is NC(c1cccc(Cl)c1)c1ccoc1Cl. The third-order valence-corrected chi connectivity index (χ3v) is 2.73. The van der Waals surface area contributed by atoms with Gasteiger partial charge in [0.05, 0.1) is 12.3 Å². The smallest absolute Gasteiger partial charge is 0.198 e. The number of halogens is 2. The molecule has 0 saturated heterocycles. The maximum atomic E-state index is 6.03. The predicted molar refractivity (Wildman–Crippen MR) is 61.2 cm³/mol. The van der Waals surface area contributed by atoms with Crippen molar-refractivity contribution in [2.24, 2.45) is 5.73 Å². The molecule has 0 fully saturated rings. The number of hydrogen-bond acceptors (Lipinski definition) is 2. The number of furan rings is 1. The van der Waals surface area contributed by atoms with Crippen molar-refractivity contribution in [2.45, 2.75) is 6.04 Å². The molecule has 2 aromatic rings. The molecule has 0 saturated carbocycles. The van der Waals surface area contributed by atoms with Gasteiger partial charge in [-0.2, -0.15) is 0 Å². The molecule has 0 radical (unpaired) electrons. The maximum absolute atomic E-state index is 6.03. The van der Waals surface area contributed by atoms with E-state index in [2.05, 4.69) is 0 Å². The van der Waals surface area contributed by atoms with Crippen molar-refractivity contribution in [3.8, 4) is 0 Å². The van der Waals surface area contributed by atoms with Gasteiger partial charge < -0.3 is 10.2 Å². The van der Waals surface area contributed by atoms with Gasteiger partial charge in [-0.1, -0.05) is 23.7 Å². The van der Waals surface area contributed by atoms with Crippen LogP contribution in [0.4, 0.5) is 0 Å². The largest absolute Gasteiger partial charge is 0.453 e. The molecular weight excluding hydrogens is 233 g/mol. The van der Waals surface area contributed by atoms with Crippen molar-refractivity contribution in [2.75, 3.05) is 0 Å². The highest BCUT2D eigenvalue weighted by molar-refractivity contribution is 6.30. The topological polar surface area (TPSA) is 39.2 Å². The Kier molecular flexibility index (Phi) is 3.00. The summed E-state index contributed by atoms with van der Waals surface area (Å²) in [6.07, 6.45) is 1.52. The average Bonchev–Trinajstić information content (AvgIpc) is 2.63. The Morgan fingerprint density at radius 1 is 1.20 bits per heavy atom. The predicted octanol–water partition coefficient (Wildman–Crippen LogP) is 3.63. The standard InChI is InChI=1S/C11H9Cl2NO/c12-8-3-1-2-7(6-8)10(14)9-4-5-15-11(9)13/h1-6,10H,14H2. The lowest BCUT2D eigenvalue weighted by Crippen LogP contribution is -2.11. The summed E-state index contributed by atoms with van der Waals surface area (Å²) >= 11 is 11.7. The number of hydrogen-bond donors (Lipinski definition) is 1. The molecule has 2 N–H and O–H groups in total. The van der Waals surface area contributed by atoms with Crippen LogP contribution in [0.5, 0.6) is 0 Å². The van der Waals surface area contributed by atoms with Crippen LogP contribution in [0.15, 0.2) is 41.0 Å². The molecule has 0 amide bonds. The average molecular weight is 242 g/mol. The Labute approximate surface area is 97.6 Å². The molecule has 0 aliphatic rings. The highest BCUT2D eigenvalue weighted by Gasteiger charge is 2.14. The first-order chi connectivity index (χ1) is 7.18. The van der Waals surface area contributed by atoms with E-state index < -0.39 is 0 Å². The maximum Gasteiger partial charge on any atom is 0.198 e. The van der Waals surface area contributed by atoms with Gasteiger partial charge in [0, 0.05) is 10.6 Å². The minimum Gasteiger partial charge on any atom is -0.453 e. The lowest BCUT2D eigenvalue weighted by Gasteiger charge is -2.10. The zero-order valence-electron chi connectivity index (χ0n) is 7.78. The Balaban J connectivity index is 2.36. The van der Waals surface area contributed by atoms with Crippen molar-refractivity contribution in [3.05, 3.63) is 58.0 Å². The summed E-state index contributed by atoms with van der Waals surface area (Å²) in [5.41, 5.74) is 7.70. The third kappa shape index (κ3) is 2.17. The molecule has 1 heterocycles. The van der Waals surface area contributed by atoms with E-state index in [1.807, 2.05) is 18.2 Å². The molecule has 78 valence electrons. The molecule has 2 nitrogen and oxygen atoms in total. The van der Waals surface area contributed by atoms with E-state index in [0.717, 1.165) is 11.1 Å². The van der Waals surface area contributed by atoms with E-state index in [4.69, 9.17) is 33.4 Å². The number of rotatable bonds is 2. The zero-order chi connectivity index (χ0) is 10.8. The Morgan fingerprint density at radius 3 is 2.60 bits per heavy atom. The molecule has 1 unspecified atom stereocenters. The van der Waals surface area contributed by atoms with Gasteiger partial charge in [0.1, 0.15) is 0 Å². The summed E-state index contributed by atoms with van der Waals surface area (Å²) in [7, 11) is 0. The van der Waals surface area contributed by atoms with Crippen molar-refractivity contribution < 1.29 is 4.42 Å². The van der Waals surface area contributed by atoms with Gasteiger partial charge in [0.15, 0.2) is 5.22 Å². The van der Waals surface area contributed by atoms with Gasteiger partial charge in [-0.15, -0.1) is 0 Å². The molecule has 1 atom stereocenters. The second-order valence-electron chi connectivity index (χ2n) is 3.18. The van der Waals surface area contributed by atoms with E-state index in [0.29, 0.717) is 10.2 Å². The molecule has 1 aromatic heterocycles. The Morgan fingerprint density at radius 2 is 2.00 bits per heavy atom. The molecule has 4 heteroatoms. The van der Waals surface area contributed by atoms with Gasteiger partial charge >= 0.3 is 0 Å². The fourth-order valence-corrected chi connectivity index (χ4v) is 1.84. The molecule has 0 spiro atoms. The van der Waals surface area contributed by atoms with Crippen LogP contribution in [0.3, 0.4) is 0 Å². The van der Waals surface area contributed by atoms with Crippen molar-refractivity contribution in [1.29, 1.82) is 0 Å². The summed E-state index contributed by atoms with van der Waals surface area (Å²) < 4.78 is 4.99. The minimum absolute atomic E-state index is 0.310. The summed E-state index contributed by atoms with van der Waals surface area (Å²) in [6.45, 7) is 0. The first kappa shape index (κ1) is 10.6. The molecular formula is C11H9Cl2NO. The highest BCUT2D eigenvalue weighted by Crippen LogP contribution is 2.28. The van der Waals surface area contributed by atoms with Crippen LogP contribution < -0.4 is 5.73 Å². The molecule has 0 aliphatic heterocycles. The zero-order valence-corrected chi connectivity index (χ0v) is 9.29. The monoisotopic (exact) mass is 241 g/mol.